The van der Waals surface area contributed by atoms with Crippen molar-refractivity contribution >= 4 is 28.9 Å². The number of nitrogens with zero attached hydrogens (tertiary/aromatic N) is 1. The molecule has 0 bridgehead atoms. The summed E-state index contributed by atoms with van der Waals surface area (Å²) in [7, 11) is 0. The summed E-state index contributed by atoms with van der Waals surface area (Å²) in [5, 5.41) is 13.2. The first-order valence-corrected chi connectivity index (χ1v) is 5.74. The van der Waals surface area contributed by atoms with Crippen molar-refractivity contribution < 1.29 is 14.5 Å². The molecule has 0 unspecified atom stereocenters. The Bertz CT molecular complexity index is 451. The van der Waals surface area contributed by atoms with E-state index in [9.17, 15) is 14.9 Å². The topological polar surface area (TPSA) is 81.5 Å². The highest BCUT2D eigenvalue weighted by molar-refractivity contribution is 6.33. The number of nitro benzene ring substituents is 1. The van der Waals surface area contributed by atoms with Crippen LogP contribution in [-0.4, -0.2) is 24.0 Å². The summed E-state index contributed by atoms with van der Waals surface area (Å²) in [6.07, 6.45) is 0.209. The minimum atomic E-state index is -0.549. The van der Waals surface area contributed by atoms with E-state index in [1.165, 1.54) is 18.2 Å². The molecule has 1 aromatic carbocycles. The van der Waals surface area contributed by atoms with E-state index in [2.05, 4.69) is 5.32 Å². The monoisotopic (exact) mass is 272 g/mol. The molecule has 1 rings (SSSR count). The molecular weight excluding hydrogens is 260 g/mol. The van der Waals surface area contributed by atoms with Crippen molar-refractivity contribution in [3.63, 3.8) is 0 Å². The summed E-state index contributed by atoms with van der Waals surface area (Å²) < 4.78 is 5.04. The van der Waals surface area contributed by atoms with Crippen LogP contribution in [0.2, 0.25) is 5.02 Å². The quantitative estimate of drug-likeness (QED) is 0.490. The molecule has 1 aromatic rings. The van der Waals surface area contributed by atoms with Crippen LogP contribution in [0.25, 0.3) is 0 Å². The third-order valence-corrected chi connectivity index (χ3v) is 2.43. The van der Waals surface area contributed by atoms with E-state index in [0.717, 1.165) is 0 Å². The number of carbonyl (C=O) groups is 1. The number of anilines is 1. The zero-order chi connectivity index (χ0) is 13.5. The first kappa shape index (κ1) is 14.4. The lowest BCUT2D eigenvalue weighted by atomic mass is 10.2. The summed E-state index contributed by atoms with van der Waals surface area (Å²) >= 11 is 5.83. The van der Waals surface area contributed by atoms with Gasteiger partial charge in [0.2, 0.25) is 5.91 Å². The van der Waals surface area contributed by atoms with E-state index in [4.69, 9.17) is 16.3 Å². The molecule has 1 N–H and O–H groups in total. The van der Waals surface area contributed by atoms with E-state index in [1.54, 1.807) is 0 Å². The molecule has 0 aromatic heterocycles. The second-order valence-electron chi connectivity index (χ2n) is 3.42. The Hall–Kier alpha value is -1.66. The number of nitrogens with one attached hydrogen (secondary N) is 1. The van der Waals surface area contributed by atoms with Crippen molar-refractivity contribution in [2.45, 2.75) is 13.3 Å². The fourth-order valence-corrected chi connectivity index (χ4v) is 1.46. The number of ether oxygens (including phenoxy) is 1. The molecule has 0 saturated heterocycles. The molecule has 6 nitrogen and oxygen atoms in total. The van der Waals surface area contributed by atoms with Crippen LogP contribution < -0.4 is 5.32 Å². The number of hydrogen-bond acceptors (Lipinski definition) is 4. The zero-order valence-corrected chi connectivity index (χ0v) is 10.6. The van der Waals surface area contributed by atoms with E-state index in [0.29, 0.717) is 18.9 Å². The van der Waals surface area contributed by atoms with Gasteiger partial charge in [0.1, 0.15) is 0 Å². The SMILES string of the molecule is CCOCCC(=O)Nc1ccc([N+](=O)[O-])cc1Cl. The summed E-state index contributed by atoms with van der Waals surface area (Å²) in [6.45, 7) is 2.71. The molecule has 0 aliphatic rings. The molecule has 0 spiro atoms. The molecule has 18 heavy (non-hydrogen) atoms. The predicted octanol–water partition coefficient (Wildman–Crippen LogP) is 2.61. The third-order valence-electron chi connectivity index (χ3n) is 2.12. The number of carbonyl (C=O) groups excluding carboxylic acids is 1. The van der Waals surface area contributed by atoms with Gasteiger partial charge in [-0.3, -0.25) is 14.9 Å². The number of halogens is 1. The van der Waals surface area contributed by atoms with E-state index in [-0.39, 0.29) is 23.0 Å². The van der Waals surface area contributed by atoms with Crippen LogP contribution in [0.1, 0.15) is 13.3 Å². The Morgan fingerprint density at radius 2 is 2.28 bits per heavy atom. The van der Waals surface area contributed by atoms with Gasteiger partial charge < -0.3 is 10.1 Å². The van der Waals surface area contributed by atoms with Gasteiger partial charge in [-0.25, -0.2) is 0 Å². The highest BCUT2D eigenvalue weighted by Gasteiger charge is 2.11. The maximum absolute atomic E-state index is 11.5. The molecule has 98 valence electrons. The van der Waals surface area contributed by atoms with Gasteiger partial charge in [-0.1, -0.05) is 11.6 Å². The molecule has 0 saturated carbocycles. The van der Waals surface area contributed by atoms with E-state index in [1.807, 2.05) is 6.92 Å². The number of hydrogen-bond donors (Lipinski definition) is 1. The van der Waals surface area contributed by atoms with Gasteiger partial charge in [0.15, 0.2) is 0 Å². The molecule has 7 heteroatoms. The lowest BCUT2D eigenvalue weighted by Gasteiger charge is -2.07. The number of rotatable bonds is 6. The molecule has 0 aliphatic heterocycles. The van der Waals surface area contributed by atoms with E-state index < -0.39 is 4.92 Å². The Labute approximate surface area is 109 Å². The lowest BCUT2D eigenvalue weighted by molar-refractivity contribution is -0.384. The summed E-state index contributed by atoms with van der Waals surface area (Å²) in [5.74, 6) is -0.251. The van der Waals surface area contributed by atoms with Crippen molar-refractivity contribution in [3.8, 4) is 0 Å². The van der Waals surface area contributed by atoms with Gasteiger partial charge in [-0.2, -0.15) is 0 Å². The fraction of sp³-hybridized carbons (Fsp3) is 0.364. The van der Waals surface area contributed by atoms with Crippen LogP contribution in [0.15, 0.2) is 18.2 Å². The van der Waals surface area contributed by atoms with Crippen molar-refractivity contribution in [1.29, 1.82) is 0 Å². The van der Waals surface area contributed by atoms with Crippen molar-refractivity contribution in [3.05, 3.63) is 33.3 Å². The van der Waals surface area contributed by atoms with Crippen molar-refractivity contribution in [2.75, 3.05) is 18.5 Å². The lowest BCUT2D eigenvalue weighted by Crippen LogP contribution is -2.14. The molecule has 0 heterocycles. The van der Waals surface area contributed by atoms with E-state index >= 15 is 0 Å². The third kappa shape index (κ3) is 4.31. The standard InChI is InChI=1S/C11H13ClN2O4/c1-2-18-6-5-11(15)13-10-4-3-8(14(16)17)7-9(10)12/h3-4,7H,2,5-6H2,1H3,(H,13,15). The maximum Gasteiger partial charge on any atom is 0.271 e. The minimum absolute atomic E-state index is 0.118. The largest absolute Gasteiger partial charge is 0.381 e. The second kappa shape index (κ2) is 6.93. The van der Waals surface area contributed by atoms with Crippen LogP contribution in [0.5, 0.6) is 0 Å². The Balaban J connectivity index is 2.62. The van der Waals surface area contributed by atoms with Gasteiger partial charge >= 0.3 is 0 Å². The zero-order valence-electron chi connectivity index (χ0n) is 9.81. The highest BCUT2D eigenvalue weighted by Crippen LogP contribution is 2.26. The fourth-order valence-electron chi connectivity index (χ4n) is 1.24. The van der Waals surface area contributed by atoms with Gasteiger partial charge in [0.25, 0.3) is 5.69 Å². The molecule has 0 aliphatic carbocycles. The Morgan fingerprint density at radius 1 is 1.56 bits per heavy atom. The molecular formula is C11H13ClN2O4. The minimum Gasteiger partial charge on any atom is -0.381 e. The number of non-ortho nitro benzene ring substituents is 1. The van der Waals surface area contributed by atoms with Gasteiger partial charge in [-0.15, -0.1) is 0 Å². The average Bonchev–Trinajstić information content (AvgIpc) is 2.32. The second-order valence-corrected chi connectivity index (χ2v) is 3.82. The highest BCUT2D eigenvalue weighted by atomic mass is 35.5. The van der Waals surface area contributed by atoms with Crippen LogP contribution in [0, 0.1) is 10.1 Å². The first-order valence-electron chi connectivity index (χ1n) is 5.36. The first-order chi connectivity index (χ1) is 8.54. The smallest absolute Gasteiger partial charge is 0.271 e. The van der Waals surface area contributed by atoms with Crippen LogP contribution >= 0.6 is 11.6 Å². The van der Waals surface area contributed by atoms with Gasteiger partial charge in [0.05, 0.1) is 28.7 Å². The summed E-state index contributed by atoms with van der Waals surface area (Å²) in [5.41, 5.74) is 0.232. The molecule has 0 radical (unpaired) electrons. The molecule has 0 atom stereocenters. The molecule has 1 amide bonds. The van der Waals surface area contributed by atoms with Crippen LogP contribution in [-0.2, 0) is 9.53 Å². The summed E-state index contributed by atoms with van der Waals surface area (Å²) in [6, 6.07) is 3.88. The Morgan fingerprint density at radius 3 is 2.83 bits per heavy atom. The van der Waals surface area contributed by atoms with Crippen LogP contribution in [0.4, 0.5) is 11.4 Å². The average molecular weight is 273 g/mol. The summed E-state index contributed by atoms with van der Waals surface area (Å²) in [4.78, 5) is 21.4. The number of amides is 1. The van der Waals surface area contributed by atoms with Crippen molar-refractivity contribution in [1.82, 2.24) is 0 Å². The maximum atomic E-state index is 11.5. The molecule has 0 fully saturated rings. The van der Waals surface area contributed by atoms with Crippen molar-refractivity contribution in [2.24, 2.45) is 0 Å². The number of nitro groups is 1. The van der Waals surface area contributed by atoms with Gasteiger partial charge in [0, 0.05) is 18.7 Å². The normalized spacial score (nSPS) is 10.1. The van der Waals surface area contributed by atoms with Crippen LogP contribution in [0.3, 0.4) is 0 Å². The predicted molar refractivity (Wildman–Crippen MR) is 67.8 cm³/mol. The van der Waals surface area contributed by atoms with Gasteiger partial charge in [-0.05, 0) is 13.0 Å². The number of benzene rings is 1. The Kier molecular flexibility index (Phi) is 5.54.